The van der Waals surface area contributed by atoms with Crippen LogP contribution < -0.4 is 10.1 Å². The van der Waals surface area contributed by atoms with E-state index >= 15 is 0 Å². The average molecular weight is 786 g/mol. The molecule has 57 heavy (non-hydrogen) atoms. The Bertz CT molecular complexity index is 2380. The highest BCUT2D eigenvalue weighted by Gasteiger charge is 2.50. The van der Waals surface area contributed by atoms with Crippen LogP contribution in [0.15, 0.2) is 54.5 Å². The molecule has 304 valence electrons. The SMILES string of the molecule is COC1/C=C\O[C@@]2(C)Oc3c(C)c(O)c4c(O)c(c5c(nc6cc(C)ccn65)c4c3C2=O)NC(=O)/C(C)=C\C=C/C(C)C(O)[C@@H](C)C(O)C(C)[C@@H](OC(C)=O)C1C. The van der Waals surface area contributed by atoms with Crippen molar-refractivity contribution in [3.63, 3.8) is 0 Å². The molecule has 6 unspecified atom stereocenters. The minimum atomic E-state index is -1.96. The number of rotatable bonds is 2. The number of fused-ring (bicyclic) bond motifs is 2. The molecule has 14 nitrogen and oxygen atoms in total. The highest BCUT2D eigenvalue weighted by molar-refractivity contribution is 6.28. The lowest BCUT2D eigenvalue weighted by Gasteiger charge is -2.38. The number of ether oxygens (including phenoxy) is 4. The fourth-order valence-electron chi connectivity index (χ4n) is 8.03. The number of carbonyl (C=O) groups is 3. The van der Waals surface area contributed by atoms with E-state index in [4.69, 9.17) is 23.9 Å². The number of amides is 1. The number of Topliss-reactive ketones (excluding diaryl/α,β-unsaturated/α-hetero) is 1. The second-order valence-corrected chi connectivity index (χ2v) is 15.6. The largest absolute Gasteiger partial charge is 0.507 e. The Hall–Kier alpha value is -5.44. The predicted molar refractivity (Wildman–Crippen MR) is 213 cm³/mol. The standard InChI is InChI=1S/C43H51N3O11/c1-19-14-16-46-28(18-19)44-32-29-30-37(50)25(7)40-31(29)41(52)43(9,57-40)55-17-15-27(54-10)22(4)39(56-26(8)47)24(6)36(49)23(5)35(48)20(2)12-11-13-21(3)42(53)45-33(34(32)46)38(30)51/h11-18,20,22-24,27,35-36,39,48-51H,1-10H3,(H,45,53)/b12-11-,17-15-,21-13-/t20?,22?,23-,24?,27?,35?,36?,39+,43+/m1/s1. The number of hydrogen-bond donors (Lipinski definition) is 5. The number of aliphatic hydroxyl groups excluding tert-OH is 2. The van der Waals surface area contributed by atoms with Gasteiger partial charge in [-0.3, -0.25) is 18.8 Å². The van der Waals surface area contributed by atoms with Crippen molar-refractivity contribution in [1.29, 1.82) is 0 Å². The molecule has 14 heteroatoms. The molecule has 0 spiro atoms. The van der Waals surface area contributed by atoms with Crippen LogP contribution in [0, 0.1) is 37.5 Å². The molecule has 6 rings (SSSR count). The van der Waals surface area contributed by atoms with Crippen LogP contribution in [0.3, 0.4) is 0 Å². The van der Waals surface area contributed by atoms with Crippen LogP contribution in [0.4, 0.5) is 5.69 Å². The molecule has 2 aromatic carbocycles. The van der Waals surface area contributed by atoms with E-state index in [-0.39, 0.29) is 55.7 Å². The molecule has 0 saturated heterocycles. The van der Waals surface area contributed by atoms with Crippen LogP contribution in [-0.2, 0) is 23.8 Å². The zero-order valence-corrected chi connectivity index (χ0v) is 33.8. The van der Waals surface area contributed by atoms with Crippen molar-refractivity contribution < 1.29 is 53.8 Å². The summed E-state index contributed by atoms with van der Waals surface area (Å²) in [5.74, 6) is -6.96. The lowest BCUT2D eigenvalue weighted by atomic mass is 9.78. The summed E-state index contributed by atoms with van der Waals surface area (Å²) in [6.45, 7) is 14.7. The minimum absolute atomic E-state index is 0.0185. The number of hydrogen-bond acceptors (Lipinski definition) is 12. The number of allylic oxidation sites excluding steroid dienone is 2. The Morgan fingerprint density at radius 2 is 1.68 bits per heavy atom. The second kappa shape index (κ2) is 15.5. The molecule has 0 saturated carbocycles. The van der Waals surface area contributed by atoms with E-state index in [2.05, 4.69) is 5.32 Å². The van der Waals surface area contributed by atoms with E-state index in [9.17, 15) is 34.8 Å². The summed E-state index contributed by atoms with van der Waals surface area (Å²) >= 11 is 0. The third-order valence-corrected chi connectivity index (χ3v) is 11.5. The van der Waals surface area contributed by atoms with E-state index < -0.39 is 77.3 Å². The number of imidazole rings is 1. The van der Waals surface area contributed by atoms with Gasteiger partial charge in [0.05, 0.1) is 35.5 Å². The summed E-state index contributed by atoms with van der Waals surface area (Å²) in [5, 5.41) is 49.4. The number of phenolic OH excluding ortho intramolecular Hbond substituents is 2. The summed E-state index contributed by atoms with van der Waals surface area (Å²) in [4.78, 5) is 45.6. The molecule has 2 aliphatic rings. The van der Waals surface area contributed by atoms with Crippen molar-refractivity contribution in [1.82, 2.24) is 9.38 Å². The molecule has 1 amide bonds. The van der Waals surface area contributed by atoms with Crippen molar-refractivity contribution in [2.45, 2.75) is 92.5 Å². The van der Waals surface area contributed by atoms with Gasteiger partial charge in [0, 0.05) is 67.3 Å². The Balaban J connectivity index is 1.58. The molecule has 0 aliphatic carbocycles. The third kappa shape index (κ3) is 7.10. The van der Waals surface area contributed by atoms with E-state index in [0.717, 1.165) is 5.56 Å². The Kier molecular flexibility index (Phi) is 11.2. The van der Waals surface area contributed by atoms with Gasteiger partial charge >= 0.3 is 11.8 Å². The van der Waals surface area contributed by atoms with Crippen molar-refractivity contribution in [2.24, 2.45) is 23.7 Å². The zero-order chi connectivity index (χ0) is 41.8. The molecule has 4 aromatic rings. The molecule has 9 atom stereocenters. The van der Waals surface area contributed by atoms with E-state index in [1.54, 1.807) is 63.4 Å². The Morgan fingerprint density at radius 3 is 2.35 bits per heavy atom. The maximum Gasteiger partial charge on any atom is 0.312 e. The van der Waals surface area contributed by atoms with Gasteiger partial charge in [0.15, 0.2) is 5.75 Å². The Morgan fingerprint density at radius 1 is 0.982 bits per heavy atom. The quantitative estimate of drug-likeness (QED) is 0.115. The first-order valence-corrected chi connectivity index (χ1v) is 19.0. The first-order valence-electron chi connectivity index (χ1n) is 19.0. The second-order valence-electron chi connectivity index (χ2n) is 15.6. The van der Waals surface area contributed by atoms with Gasteiger partial charge in [-0.1, -0.05) is 45.9 Å². The van der Waals surface area contributed by atoms with Gasteiger partial charge in [-0.05, 0) is 44.5 Å². The van der Waals surface area contributed by atoms with Crippen molar-refractivity contribution in [3.8, 4) is 17.2 Å². The number of ketones is 1. The van der Waals surface area contributed by atoms with Crippen LogP contribution in [-0.4, -0.2) is 84.8 Å². The number of nitrogens with zero attached hydrogens (tertiary/aromatic N) is 2. The number of esters is 1. The van der Waals surface area contributed by atoms with Crippen LogP contribution in [0.2, 0.25) is 0 Å². The lowest BCUT2D eigenvalue weighted by molar-refractivity contribution is -0.160. The first kappa shape index (κ1) is 41.2. The van der Waals surface area contributed by atoms with Gasteiger partial charge in [-0.15, -0.1) is 0 Å². The summed E-state index contributed by atoms with van der Waals surface area (Å²) in [6, 6.07) is 3.64. The first-order chi connectivity index (χ1) is 26.8. The molecule has 0 fully saturated rings. The van der Waals surface area contributed by atoms with Crippen molar-refractivity contribution in [2.75, 3.05) is 12.4 Å². The number of benzene rings is 2. The highest BCUT2D eigenvalue weighted by Crippen LogP contribution is 2.54. The smallest absolute Gasteiger partial charge is 0.312 e. The van der Waals surface area contributed by atoms with Crippen LogP contribution in [0.5, 0.6) is 17.2 Å². The van der Waals surface area contributed by atoms with Gasteiger partial charge < -0.3 is 44.7 Å². The number of aromatic hydroxyl groups is 2. The van der Waals surface area contributed by atoms with Gasteiger partial charge in [0.1, 0.15) is 40.0 Å². The number of aliphatic hydroxyl groups is 2. The van der Waals surface area contributed by atoms with Gasteiger partial charge in [-0.2, -0.15) is 0 Å². The van der Waals surface area contributed by atoms with Crippen molar-refractivity contribution >= 4 is 50.8 Å². The molecule has 4 bridgehead atoms. The number of aryl methyl sites for hydroxylation is 1. The van der Waals surface area contributed by atoms with Gasteiger partial charge in [0.2, 0.25) is 0 Å². The van der Waals surface area contributed by atoms with Crippen molar-refractivity contribution in [3.05, 3.63) is 71.2 Å². The topological polar surface area (TPSA) is 198 Å². The van der Waals surface area contributed by atoms with E-state index in [1.165, 1.54) is 40.2 Å². The van der Waals surface area contributed by atoms with Gasteiger partial charge in [0.25, 0.3) is 11.7 Å². The van der Waals surface area contributed by atoms with Crippen LogP contribution in [0.1, 0.15) is 70.0 Å². The van der Waals surface area contributed by atoms with Crippen LogP contribution >= 0.6 is 0 Å². The van der Waals surface area contributed by atoms with Crippen LogP contribution in [0.25, 0.3) is 27.5 Å². The summed E-state index contributed by atoms with van der Waals surface area (Å²) in [5.41, 5.74) is 2.18. The molecular weight excluding hydrogens is 734 g/mol. The van der Waals surface area contributed by atoms with E-state index in [1.807, 2.05) is 19.1 Å². The number of pyridine rings is 1. The average Bonchev–Trinajstić information content (AvgIpc) is 3.67. The molecular formula is C43H51N3O11. The Labute approximate surface area is 330 Å². The number of methoxy groups -OCH3 is 1. The maximum atomic E-state index is 14.6. The lowest BCUT2D eigenvalue weighted by Crippen LogP contribution is -2.46. The predicted octanol–water partition coefficient (Wildman–Crippen LogP) is 6.16. The van der Waals surface area contributed by atoms with E-state index in [0.29, 0.717) is 5.65 Å². The fourth-order valence-corrected chi connectivity index (χ4v) is 8.03. The maximum absolute atomic E-state index is 14.6. The third-order valence-electron chi connectivity index (χ3n) is 11.5. The number of phenols is 2. The monoisotopic (exact) mass is 785 g/mol. The summed E-state index contributed by atoms with van der Waals surface area (Å²) < 4.78 is 25.5. The molecule has 4 heterocycles. The zero-order valence-electron chi connectivity index (χ0n) is 33.8. The number of anilines is 1. The summed E-state index contributed by atoms with van der Waals surface area (Å²) in [7, 11) is 1.46. The molecule has 2 aliphatic heterocycles. The normalized spacial score (nSPS) is 30.8. The highest BCUT2D eigenvalue weighted by atomic mass is 16.7. The van der Waals surface area contributed by atoms with Gasteiger partial charge in [-0.25, -0.2) is 4.98 Å². The minimum Gasteiger partial charge on any atom is -0.507 e. The molecule has 2 aromatic heterocycles. The number of aromatic nitrogens is 2. The number of carbonyl (C=O) groups excluding carboxylic acids is 3. The summed E-state index contributed by atoms with van der Waals surface area (Å²) in [6.07, 6.45) is 5.62. The molecule has 5 N–H and O–H groups in total. The molecule has 0 radical (unpaired) electrons. The fraction of sp³-hybridized carbons (Fsp3) is 0.442. The number of nitrogens with one attached hydrogen (secondary N) is 1.